The molecule has 0 spiro atoms. The fraction of sp³-hybridized carbons (Fsp3) is 0.250. The molecule has 1 N–H and O–H groups in total. The highest BCUT2D eigenvalue weighted by atomic mass is 32.1. The lowest BCUT2D eigenvalue weighted by Crippen LogP contribution is -2.37. The van der Waals surface area contributed by atoms with Crippen molar-refractivity contribution in [1.82, 2.24) is 15.3 Å². The van der Waals surface area contributed by atoms with E-state index in [0.717, 1.165) is 0 Å². The first-order valence-electron chi connectivity index (χ1n) is 9.04. The number of aromatic nitrogens is 2. The summed E-state index contributed by atoms with van der Waals surface area (Å²) in [6.07, 6.45) is 2.36. The minimum absolute atomic E-state index is 0.0951. The number of anilines is 1. The Morgan fingerprint density at radius 1 is 1.38 bits per heavy atom. The van der Waals surface area contributed by atoms with Gasteiger partial charge in [-0.3, -0.25) is 24.6 Å². The number of halogens is 1. The van der Waals surface area contributed by atoms with Gasteiger partial charge in [0.1, 0.15) is 10.8 Å². The van der Waals surface area contributed by atoms with Gasteiger partial charge >= 0.3 is 0 Å². The molecule has 3 aromatic rings. The summed E-state index contributed by atoms with van der Waals surface area (Å²) in [5.41, 5.74) is 0.829. The molecule has 4 rings (SSSR count). The van der Waals surface area contributed by atoms with Gasteiger partial charge in [-0.05, 0) is 24.8 Å². The van der Waals surface area contributed by atoms with Gasteiger partial charge in [0.25, 0.3) is 5.91 Å². The summed E-state index contributed by atoms with van der Waals surface area (Å²) in [7, 11) is 0. The number of nitrogens with zero attached hydrogens (tertiary/aromatic N) is 3. The highest BCUT2D eigenvalue weighted by molar-refractivity contribution is 7.09. The molecule has 7 nitrogen and oxygen atoms in total. The number of rotatable bonds is 7. The Morgan fingerprint density at radius 3 is 2.93 bits per heavy atom. The van der Waals surface area contributed by atoms with Gasteiger partial charge in [0.05, 0.1) is 5.56 Å². The molecular formula is C20H17FN4O3S. The minimum Gasteiger partial charge on any atom is -0.299 e. The number of nitrogens with one attached hydrogen (secondary N) is 1. The summed E-state index contributed by atoms with van der Waals surface area (Å²) < 4.78 is 15.1. The molecule has 29 heavy (non-hydrogen) atoms. The lowest BCUT2D eigenvalue weighted by atomic mass is 10.0. The second-order valence-corrected chi connectivity index (χ2v) is 7.67. The lowest BCUT2D eigenvalue weighted by molar-refractivity contribution is -0.125. The van der Waals surface area contributed by atoms with Crippen LogP contribution >= 0.6 is 11.3 Å². The van der Waals surface area contributed by atoms with Crippen molar-refractivity contribution in [3.8, 4) is 0 Å². The maximum absolute atomic E-state index is 15.1. The average Bonchev–Trinajstić information content (AvgIpc) is 3.35. The number of imide groups is 1. The number of carbonyl (C=O) groups is 3. The van der Waals surface area contributed by atoms with E-state index in [1.165, 1.54) is 22.4 Å². The zero-order valence-corrected chi connectivity index (χ0v) is 16.3. The third-order valence-electron chi connectivity index (χ3n) is 4.99. The van der Waals surface area contributed by atoms with Crippen LogP contribution in [0.4, 0.5) is 10.2 Å². The number of hydrogen-bond donors (Lipinski definition) is 1. The lowest BCUT2D eigenvalue weighted by Gasteiger charge is -2.24. The standard InChI is InChI=1S/C20H17FN4O3S/c1-11(5-6-15(27)24-10-26)25-18-16-12(3-2-4-13(16)20(25)28)14(9-23-18)17(21)19-22-7-8-29-19/h2-4,7-11,17H,5-6H2,1H3,(H,24,26,27). The van der Waals surface area contributed by atoms with Gasteiger partial charge in [0.2, 0.25) is 12.3 Å². The largest absolute Gasteiger partial charge is 0.299 e. The Morgan fingerprint density at radius 2 is 2.21 bits per heavy atom. The first-order valence-corrected chi connectivity index (χ1v) is 9.92. The third-order valence-corrected chi connectivity index (χ3v) is 5.81. The van der Waals surface area contributed by atoms with E-state index in [0.29, 0.717) is 45.6 Å². The van der Waals surface area contributed by atoms with Crippen LogP contribution in [0.1, 0.15) is 46.9 Å². The van der Waals surface area contributed by atoms with E-state index in [4.69, 9.17) is 0 Å². The van der Waals surface area contributed by atoms with Crippen molar-refractivity contribution in [2.75, 3.05) is 4.90 Å². The number of amides is 3. The second-order valence-electron chi connectivity index (χ2n) is 6.75. The number of benzene rings is 1. The number of hydrogen-bond acceptors (Lipinski definition) is 6. The van der Waals surface area contributed by atoms with Crippen molar-refractivity contribution < 1.29 is 18.8 Å². The monoisotopic (exact) mass is 412 g/mol. The molecule has 3 amide bonds. The Bertz CT molecular complexity index is 1100. The predicted octanol–water partition coefficient (Wildman–Crippen LogP) is 3.15. The van der Waals surface area contributed by atoms with Gasteiger partial charge in [-0.25, -0.2) is 14.4 Å². The highest BCUT2D eigenvalue weighted by Crippen LogP contribution is 2.42. The molecule has 148 valence electrons. The van der Waals surface area contributed by atoms with E-state index >= 15 is 4.39 Å². The molecule has 1 aliphatic rings. The predicted molar refractivity (Wildman–Crippen MR) is 107 cm³/mol. The fourth-order valence-corrected chi connectivity index (χ4v) is 4.23. The van der Waals surface area contributed by atoms with Gasteiger partial charge < -0.3 is 0 Å². The zero-order valence-electron chi connectivity index (χ0n) is 15.5. The van der Waals surface area contributed by atoms with Crippen molar-refractivity contribution in [2.45, 2.75) is 32.0 Å². The van der Waals surface area contributed by atoms with Gasteiger partial charge in [0, 0.05) is 41.2 Å². The zero-order chi connectivity index (χ0) is 20.5. The van der Waals surface area contributed by atoms with Crippen LogP contribution in [0, 0.1) is 0 Å². The van der Waals surface area contributed by atoms with Crippen molar-refractivity contribution in [1.29, 1.82) is 0 Å². The normalized spacial score (nSPS) is 14.8. The average molecular weight is 412 g/mol. The molecule has 3 heterocycles. The smallest absolute Gasteiger partial charge is 0.260 e. The quantitative estimate of drug-likeness (QED) is 0.602. The molecule has 2 aromatic heterocycles. The first-order chi connectivity index (χ1) is 14.0. The van der Waals surface area contributed by atoms with Crippen LogP contribution in [0.2, 0.25) is 0 Å². The van der Waals surface area contributed by atoms with E-state index < -0.39 is 12.1 Å². The molecule has 0 bridgehead atoms. The molecule has 0 aliphatic carbocycles. The van der Waals surface area contributed by atoms with Crippen LogP contribution in [0.15, 0.2) is 36.0 Å². The molecule has 0 saturated carbocycles. The molecule has 1 aliphatic heterocycles. The summed E-state index contributed by atoms with van der Waals surface area (Å²) in [4.78, 5) is 45.0. The summed E-state index contributed by atoms with van der Waals surface area (Å²) >= 11 is 1.22. The Kier molecular flexibility index (Phi) is 5.06. The minimum atomic E-state index is -1.43. The summed E-state index contributed by atoms with van der Waals surface area (Å²) in [5.74, 6) is -0.185. The van der Waals surface area contributed by atoms with Gasteiger partial charge in [-0.2, -0.15) is 0 Å². The topological polar surface area (TPSA) is 92.3 Å². The second kappa shape index (κ2) is 7.67. The molecule has 0 saturated heterocycles. The summed E-state index contributed by atoms with van der Waals surface area (Å²) in [6, 6.07) is 4.87. The van der Waals surface area contributed by atoms with Crippen LogP contribution in [-0.2, 0) is 9.59 Å². The van der Waals surface area contributed by atoms with Crippen LogP contribution < -0.4 is 10.2 Å². The van der Waals surface area contributed by atoms with Gasteiger partial charge in [-0.1, -0.05) is 12.1 Å². The number of pyridine rings is 1. The van der Waals surface area contributed by atoms with Crippen molar-refractivity contribution in [2.24, 2.45) is 0 Å². The molecule has 1 aromatic carbocycles. The van der Waals surface area contributed by atoms with E-state index in [9.17, 15) is 14.4 Å². The molecule has 0 radical (unpaired) electrons. The van der Waals surface area contributed by atoms with Crippen molar-refractivity contribution >= 4 is 46.2 Å². The van der Waals surface area contributed by atoms with Crippen molar-refractivity contribution in [3.05, 3.63) is 52.1 Å². The molecule has 2 atom stereocenters. The van der Waals surface area contributed by atoms with Crippen LogP contribution in [0.3, 0.4) is 0 Å². The maximum atomic E-state index is 15.1. The number of thiazole rings is 1. The third kappa shape index (κ3) is 3.27. The van der Waals surface area contributed by atoms with Crippen LogP contribution in [-0.4, -0.2) is 34.2 Å². The first kappa shape index (κ1) is 19.1. The fourth-order valence-electron chi connectivity index (χ4n) is 3.60. The molecular weight excluding hydrogens is 395 g/mol. The number of carbonyl (C=O) groups excluding carboxylic acids is 3. The van der Waals surface area contributed by atoms with E-state index in [-0.39, 0.29) is 18.4 Å². The van der Waals surface area contributed by atoms with Crippen LogP contribution in [0.25, 0.3) is 10.8 Å². The van der Waals surface area contributed by atoms with E-state index in [2.05, 4.69) is 15.3 Å². The van der Waals surface area contributed by atoms with E-state index in [1.807, 2.05) is 6.92 Å². The molecule has 0 fully saturated rings. The molecule has 9 heteroatoms. The SMILES string of the molecule is CC(CCC(=O)NC=O)N1C(=O)c2cccc3c(C(F)c4nccs4)cnc1c23. The summed E-state index contributed by atoms with van der Waals surface area (Å²) in [6.45, 7) is 1.81. The highest BCUT2D eigenvalue weighted by Gasteiger charge is 2.35. The van der Waals surface area contributed by atoms with Crippen molar-refractivity contribution in [3.63, 3.8) is 0 Å². The maximum Gasteiger partial charge on any atom is 0.260 e. The Balaban J connectivity index is 1.71. The van der Waals surface area contributed by atoms with E-state index in [1.54, 1.807) is 29.8 Å². The number of alkyl halides is 1. The van der Waals surface area contributed by atoms with Gasteiger partial charge in [-0.15, -0.1) is 11.3 Å². The van der Waals surface area contributed by atoms with Gasteiger partial charge in [0.15, 0.2) is 6.17 Å². The Hall–Kier alpha value is -3.20. The Labute approximate surface area is 169 Å². The van der Waals surface area contributed by atoms with Crippen LogP contribution in [0.5, 0.6) is 0 Å². The molecule has 2 unspecified atom stereocenters. The summed E-state index contributed by atoms with van der Waals surface area (Å²) in [5, 5.41) is 5.37.